The van der Waals surface area contributed by atoms with Gasteiger partial charge in [-0.2, -0.15) is 4.98 Å². The molecule has 0 saturated carbocycles. The van der Waals surface area contributed by atoms with E-state index in [4.69, 9.17) is 9.63 Å². The molecular weight excluding hydrogens is 210 g/mol. The molecule has 1 aromatic rings. The number of hydrogen-bond acceptors (Lipinski definition) is 5. The molecule has 0 aromatic carbocycles. The van der Waals surface area contributed by atoms with E-state index in [-0.39, 0.29) is 18.5 Å². The lowest BCUT2D eigenvalue weighted by molar-refractivity contribution is -0.135. The highest BCUT2D eigenvalue weighted by Gasteiger charge is 2.17. The molecule has 0 spiro atoms. The van der Waals surface area contributed by atoms with E-state index in [0.717, 1.165) is 6.42 Å². The Hall–Kier alpha value is -1.59. The van der Waals surface area contributed by atoms with E-state index in [9.17, 15) is 4.79 Å². The lowest BCUT2D eigenvalue weighted by Gasteiger charge is -2.15. The number of carbonyl (C=O) groups is 1. The summed E-state index contributed by atoms with van der Waals surface area (Å²) in [4.78, 5) is 16.4. The molecule has 0 amide bonds. The number of aliphatic carboxylic acids is 1. The van der Waals surface area contributed by atoms with Crippen LogP contribution >= 0.6 is 0 Å². The molecule has 1 N–H and O–H groups in total. The van der Waals surface area contributed by atoms with Crippen LogP contribution in [0, 0.1) is 0 Å². The highest BCUT2D eigenvalue weighted by molar-refractivity contribution is 5.72. The Balaban J connectivity index is 2.79. The van der Waals surface area contributed by atoms with Crippen LogP contribution in [-0.2, 0) is 4.79 Å². The van der Waals surface area contributed by atoms with Crippen molar-refractivity contribution < 1.29 is 14.4 Å². The number of nitrogens with zero attached hydrogens (tertiary/aromatic N) is 3. The molecule has 0 atom stereocenters. The first kappa shape index (κ1) is 12.5. The van der Waals surface area contributed by atoms with Gasteiger partial charge in [0.2, 0.25) is 0 Å². The molecular formula is C10H17N3O3. The van der Waals surface area contributed by atoms with Crippen LogP contribution in [0.1, 0.15) is 38.9 Å². The zero-order chi connectivity index (χ0) is 12.1. The van der Waals surface area contributed by atoms with Crippen molar-refractivity contribution in [2.75, 3.05) is 18.0 Å². The molecule has 0 unspecified atom stereocenters. The van der Waals surface area contributed by atoms with Crippen molar-refractivity contribution in [3.05, 3.63) is 5.82 Å². The topological polar surface area (TPSA) is 79.5 Å². The average Bonchev–Trinajstić information content (AvgIpc) is 2.65. The van der Waals surface area contributed by atoms with E-state index >= 15 is 0 Å². The van der Waals surface area contributed by atoms with Crippen LogP contribution in [0.15, 0.2) is 4.52 Å². The smallest absolute Gasteiger partial charge is 0.324 e. The molecule has 0 fully saturated rings. The van der Waals surface area contributed by atoms with E-state index in [1.807, 2.05) is 20.8 Å². The third-order valence-corrected chi connectivity index (χ3v) is 2.04. The second-order valence-corrected chi connectivity index (χ2v) is 3.91. The van der Waals surface area contributed by atoms with Crippen LogP contribution in [0.4, 0.5) is 6.01 Å². The van der Waals surface area contributed by atoms with Gasteiger partial charge < -0.3 is 14.5 Å². The van der Waals surface area contributed by atoms with Crippen LogP contribution < -0.4 is 4.90 Å². The van der Waals surface area contributed by atoms with E-state index in [1.54, 1.807) is 4.90 Å². The van der Waals surface area contributed by atoms with Crippen LogP contribution in [0.3, 0.4) is 0 Å². The molecule has 0 radical (unpaired) electrons. The molecule has 1 rings (SSSR count). The Morgan fingerprint density at radius 1 is 1.56 bits per heavy atom. The molecule has 6 heteroatoms. The highest BCUT2D eigenvalue weighted by atomic mass is 16.5. The van der Waals surface area contributed by atoms with Crippen molar-refractivity contribution in [2.24, 2.45) is 0 Å². The summed E-state index contributed by atoms with van der Waals surface area (Å²) in [7, 11) is 0. The minimum Gasteiger partial charge on any atom is -0.480 e. The number of rotatable bonds is 6. The van der Waals surface area contributed by atoms with Gasteiger partial charge in [0.1, 0.15) is 6.54 Å². The Kier molecular flexibility index (Phi) is 4.28. The number of carboxylic acids is 1. The summed E-state index contributed by atoms with van der Waals surface area (Å²) < 4.78 is 5.04. The summed E-state index contributed by atoms with van der Waals surface area (Å²) in [6.07, 6.45) is 0.826. The SMILES string of the molecule is CCCN(CC(=O)O)c1nc(C(C)C)no1. The number of anilines is 1. The summed E-state index contributed by atoms with van der Waals surface area (Å²) in [6, 6.07) is 0.285. The molecule has 0 aliphatic carbocycles. The van der Waals surface area contributed by atoms with Gasteiger partial charge in [-0.3, -0.25) is 4.79 Å². The summed E-state index contributed by atoms with van der Waals surface area (Å²) in [5.41, 5.74) is 0. The summed E-state index contributed by atoms with van der Waals surface area (Å²) in [5.74, 6) is -0.134. The summed E-state index contributed by atoms with van der Waals surface area (Å²) in [5, 5.41) is 12.6. The quantitative estimate of drug-likeness (QED) is 0.793. The van der Waals surface area contributed by atoms with Crippen LogP contribution in [0.2, 0.25) is 0 Å². The van der Waals surface area contributed by atoms with Crippen molar-refractivity contribution in [1.82, 2.24) is 10.1 Å². The molecule has 0 aliphatic rings. The van der Waals surface area contributed by atoms with E-state index in [0.29, 0.717) is 12.4 Å². The first-order chi connectivity index (χ1) is 7.54. The maximum absolute atomic E-state index is 10.7. The molecule has 90 valence electrons. The number of hydrogen-bond donors (Lipinski definition) is 1. The highest BCUT2D eigenvalue weighted by Crippen LogP contribution is 2.16. The largest absolute Gasteiger partial charge is 0.480 e. The van der Waals surface area contributed by atoms with E-state index < -0.39 is 5.97 Å². The minimum absolute atomic E-state index is 0.117. The molecule has 1 heterocycles. The van der Waals surface area contributed by atoms with E-state index in [2.05, 4.69) is 10.1 Å². The van der Waals surface area contributed by atoms with Gasteiger partial charge in [-0.1, -0.05) is 25.9 Å². The van der Waals surface area contributed by atoms with Crippen molar-refractivity contribution in [3.8, 4) is 0 Å². The lowest BCUT2D eigenvalue weighted by Crippen LogP contribution is -2.30. The monoisotopic (exact) mass is 227 g/mol. The predicted octanol–water partition coefficient (Wildman–Crippen LogP) is 1.49. The zero-order valence-electron chi connectivity index (χ0n) is 9.80. The van der Waals surface area contributed by atoms with Crippen LogP contribution in [0.25, 0.3) is 0 Å². The predicted molar refractivity (Wildman–Crippen MR) is 58.5 cm³/mol. The average molecular weight is 227 g/mol. The van der Waals surface area contributed by atoms with Crippen molar-refractivity contribution >= 4 is 12.0 Å². The molecule has 16 heavy (non-hydrogen) atoms. The van der Waals surface area contributed by atoms with Crippen molar-refractivity contribution in [2.45, 2.75) is 33.1 Å². The maximum atomic E-state index is 10.7. The summed E-state index contributed by atoms with van der Waals surface area (Å²) >= 11 is 0. The van der Waals surface area contributed by atoms with Crippen molar-refractivity contribution in [1.29, 1.82) is 0 Å². The van der Waals surface area contributed by atoms with Crippen LogP contribution in [0.5, 0.6) is 0 Å². The third-order valence-electron chi connectivity index (χ3n) is 2.04. The first-order valence-electron chi connectivity index (χ1n) is 5.35. The second-order valence-electron chi connectivity index (χ2n) is 3.91. The van der Waals surface area contributed by atoms with Gasteiger partial charge in [0, 0.05) is 12.5 Å². The van der Waals surface area contributed by atoms with Crippen molar-refractivity contribution in [3.63, 3.8) is 0 Å². The minimum atomic E-state index is -0.905. The lowest BCUT2D eigenvalue weighted by atomic mass is 10.2. The Labute approximate surface area is 94.3 Å². The van der Waals surface area contributed by atoms with Gasteiger partial charge in [0.05, 0.1) is 0 Å². The van der Waals surface area contributed by atoms with Gasteiger partial charge >= 0.3 is 12.0 Å². The van der Waals surface area contributed by atoms with Gasteiger partial charge in [0.25, 0.3) is 0 Å². The van der Waals surface area contributed by atoms with E-state index in [1.165, 1.54) is 0 Å². The third kappa shape index (κ3) is 3.22. The molecule has 0 saturated heterocycles. The Bertz CT molecular complexity index is 349. The van der Waals surface area contributed by atoms with Crippen LogP contribution in [-0.4, -0.2) is 34.3 Å². The van der Waals surface area contributed by atoms with Gasteiger partial charge in [-0.25, -0.2) is 0 Å². The molecule has 6 nitrogen and oxygen atoms in total. The molecule has 0 bridgehead atoms. The fraction of sp³-hybridized carbons (Fsp3) is 0.700. The fourth-order valence-corrected chi connectivity index (χ4v) is 1.26. The Morgan fingerprint density at radius 2 is 2.25 bits per heavy atom. The normalized spacial score (nSPS) is 10.8. The standard InChI is InChI=1S/C10H17N3O3/c1-4-5-13(6-8(14)15)10-11-9(7(2)3)12-16-10/h7H,4-6H2,1-3H3,(H,14,15). The summed E-state index contributed by atoms with van der Waals surface area (Å²) in [6.45, 7) is 6.35. The maximum Gasteiger partial charge on any atom is 0.324 e. The zero-order valence-corrected chi connectivity index (χ0v) is 9.80. The van der Waals surface area contributed by atoms with Gasteiger partial charge in [-0.15, -0.1) is 0 Å². The number of carboxylic acid groups (broad SMARTS) is 1. The first-order valence-corrected chi connectivity index (χ1v) is 5.35. The fourth-order valence-electron chi connectivity index (χ4n) is 1.26. The Morgan fingerprint density at radius 3 is 2.69 bits per heavy atom. The number of aromatic nitrogens is 2. The van der Waals surface area contributed by atoms with Gasteiger partial charge in [-0.05, 0) is 6.42 Å². The second kappa shape index (κ2) is 5.48. The molecule has 1 aromatic heterocycles. The van der Waals surface area contributed by atoms with Gasteiger partial charge in [0.15, 0.2) is 5.82 Å². The molecule has 0 aliphatic heterocycles.